The predicted octanol–water partition coefficient (Wildman–Crippen LogP) is 0.530. The maximum atomic E-state index is 12.2. The predicted molar refractivity (Wildman–Crippen MR) is 61.3 cm³/mol. The third-order valence-electron chi connectivity index (χ3n) is 2.22. The van der Waals surface area contributed by atoms with E-state index in [1.165, 1.54) is 29.0 Å². The molecular formula is C10H11F2NO5S. The van der Waals surface area contributed by atoms with Gasteiger partial charge in [-0.15, -0.1) is 0 Å². The summed E-state index contributed by atoms with van der Waals surface area (Å²) in [5.74, 6) is -5.32. The van der Waals surface area contributed by atoms with Gasteiger partial charge in [0.15, 0.2) is 0 Å². The lowest BCUT2D eigenvalue weighted by Gasteiger charge is -2.14. The Labute approximate surface area is 107 Å². The molecule has 0 spiro atoms. The summed E-state index contributed by atoms with van der Waals surface area (Å²) in [6.45, 7) is 0. The Morgan fingerprint density at radius 3 is 2.21 bits per heavy atom. The number of phenols is 1. The standard InChI is InChI=1S/C10H11F2NO5S/c11-10(12)19(17,18)13-8(9(15)16)5-6-1-3-7(14)4-2-6/h1-4,8,10,13-14H,5H2,(H,15,16). The highest BCUT2D eigenvalue weighted by Gasteiger charge is 2.30. The van der Waals surface area contributed by atoms with Crippen molar-refractivity contribution in [3.8, 4) is 5.75 Å². The van der Waals surface area contributed by atoms with Crippen LogP contribution in [-0.2, 0) is 21.2 Å². The number of halogens is 2. The second-order valence-electron chi connectivity index (χ2n) is 3.68. The molecule has 0 fully saturated rings. The van der Waals surface area contributed by atoms with Gasteiger partial charge in [-0.3, -0.25) is 4.79 Å². The number of aromatic hydroxyl groups is 1. The average molecular weight is 295 g/mol. The van der Waals surface area contributed by atoms with E-state index >= 15 is 0 Å². The second-order valence-corrected chi connectivity index (χ2v) is 5.37. The van der Waals surface area contributed by atoms with E-state index in [0.717, 1.165) is 0 Å². The molecule has 19 heavy (non-hydrogen) atoms. The van der Waals surface area contributed by atoms with Gasteiger partial charge in [-0.05, 0) is 24.1 Å². The number of hydrogen-bond acceptors (Lipinski definition) is 4. The quantitative estimate of drug-likeness (QED) is 0.710. The Morgan fingerprint density at radius 1 is 1.26 bits per heavy atom. The molecule has 106 valence electrons. The van der Waals surface area contributed by atoms with Crippen molar-refractivity contribution >= 4 is 16.0 Å². The Hall–Kier alpha value is -1.74. The first-order valence-electron chi connectivity index (χ1n) is 5.02. The van der Waals surface area contributed by atoms with Crippen LogP contribution in [0.5, 0.6) is 5.75 Å². The molecule has 0 aromatic heterocycles. The number of alkyl halides is 2. The van der Waals surface area contributed by atoms with Crippen LogP contribution in [-0.4, -0.2) is 36.4 Å². The highest BCUT2D eigenvalue weighted by atomic mass is 32.2. The van der Waals surface area contributed by atoms with Gasteiger partial charge < -0.3 is 10.2 Å². The van der Waals surface area contributed by atoms with Crippen molar-refractivity contribution in [2.75, 3.05) is 0 Å². The Kier molecular flexibility index (Phi) is 4.78. The number of benzene rings is 1. The summed E-state index contributed by atoms with van der Waals surface area (Å²) in [5.41, 5.74) is 0.377. The second kappa shape index (κ2) is 5.93. The maximum absolute atomic E-state index is 12.2. The van der Waals surface area contributed by atoms with Gasteiger partial charge in [0, 0.05) is 0 Å². The smallest absolute Gasteiger partial charge is 0.350 e. The molecule has 0 radical (unpaired) electrons. The Morgan fingerprint density at radius 2 is 1.79 bits per heavy atom. The molecule has 1 atom stereocenters. The first kappa shape index (κ1) is 15.3. The molecular weight excluding hydrogens is 284 g/mol. The van der Waals surface area contributed by atoms with Crippen LogP contribution in [0.1, 0.15) is 5.56 Å². The Balaban J connectivity index is 2.85. The van der Waals surface area contributed by atoms with Crippen molar-refractivity contribution in [1.29, 1.82) is 0 Å². The van der Waals surface area contributed by atoms with Gasteiger partial charge >= 0.3 is 11.7 Å². The number of carbonyl (C=O) groups is 1. The van der Waals surface area contributed by atoms with Crippen molar-refractivity contribution in [3.63, 3.8) is 0 Å². The number of nitrogens with one attached hydrogen (secondary N) is 1. The van der Waals surface area contributed by atoms with Crippen molar-refractivity contribution in [2.24, 2.45) is 0 Å². The zero-order valence-corrected chi connectivity index (χ0v) is 10.3. The Bertz CT molecular complexity index is 544. The van der Waals surface area contributed by atoms with E-state index in [9.17, 15) is 22.0 Å². The minimum absolute atomic E-state index is 0.0520. The molecule has 0 bridgehead atoms. The van der Waals surface area contributed by atoms with Gasteiger partial charge in [0.1, 0.15) is 11.8 Å². The molecule has 0 heterocycles. The average Bonchev–Trinajstić information content (AvgIpc) is 2.30. The molecule has 0 saturated carbocycles. The first-order chi connectivity index (χ1) is 8.72. The van der Waals surface area contributed by atoms with E-state index in [2.05, 4.69) is 0 Å². The van der Waals surface area contributed by atoms with Crippen LogP contribution < -0.4 is 4.72 Å². The molecule has 3 N–H and O–H groups in total. The lowest BCUT2D eigenvalue weighted by Crippen LogP contribution is -2.44. The zero-order chi connectivity index (χ0) is 14.6. The number of sulfonamides is 1. The third kappa shape index (κ3) is 4.45. The van der Waals surface area contributed by atoms with E-state index in [1.807, 2.05) is 0 Å². The largest absolute Gasteiger partial charge is 0.508 e. The van der Waals surface area contributed by atoms with Crippen molar-refractivity contribution < 1.29 is 32.2 Å². The molecule has 1 aromatic rings. The van der Waals surface area contributed by atoms with Gasteiger partial charge in [-0.1, -0.05) is 12.1 Å². The van der Waals surface area contributed by atoms with E-state index in [1.54, 1.807) is 0 Å². The number of rotatable bonds is 6. The van der Waals surface area contributed by atoms with Crippen LogP contribution in [0.15, 0.2) is 24.3 Å². The molecule has 6 nitrogen and oxygen atoms in total. The highest BCUT2D eigenvalue weighted by molar-refractivity contribution is 7.89. The van der Waals surface area contributed by atoms with E-state index in [-0.39, 0.29) is 12.2 Å². The fourth-order valence-corrected chi connectivity index (χ4v) is 1.98. The zero-order valence-electron chi connectivity index (χ0n) is 9.45. The first-order valence-corrected chi connectivity index (χ1v) is 6.57. The van der Waals surface area contributed by atoms with Crippen LogP contribution in [0.25, 0.3) is 0 Å². The van der Waals surface area contributed by atoms with Crippen molar-refractivity contribution in [1.82, 2.24) is 4.72 Å². The van der Waals surface area contributed by atoms with Crippen LogP contribution in [0.3, 0.4) is 0 Å². The van der Waals surface area contributed by atoms with Crippen LogP contribution in [0.2, 0.25) is 0 Å². The summed E-state index contributed by atoms with van der Waals surface area (Å²) in [6.07, 6.45) is -0.318. The van der Waals surface area contributed by atoms with E-state index in [0.29, 0.717) is 5.56 Å². The van der Waals surface area contributed by atoms with Gasteiger partial charge in [0.05, 0.1) is 0 Å². The molecule has 0 aliphatic heterocycles. The van der Waals surface area contributed by atoms with Gasteiger partial charge in [0.2, 0.25) is 0 Å². The number of aliphatic carboxylic acids is 1. The third-order valence-corrected chi connectivity index (χ3v) is 3.30. The molecule has 0 aliphatic carbocycles. The summed E-state index contributed by atoms with van der Waals surface area (Å²) < 4.78 is 47.6. The fourth-order valence-electron chi connectivity index (χ4n) is 1.30. The summed E-state index contributed by atoms with van der Waals surface area (Å²) in [4.78, 5) is 10.8. The van der Waals surface area contributed by atoms with Gasteiger partial charge in [-0.25, -0.2) is 8.42 Å². The van der Waals surface area contributed by atoms with Crippen molar-refractivity contribution in [3.05, 3.63) is 29.8 Å². The number of hydrogen-bond donors (Lipinski definition) is 3. The summed E-state index contributed by atoms with van der Waals surface area (Å²) in [5, 5.41) is 17.8. The minimum Gasteiger partial charge on any atom is -0.508 e. The minimum atomic E-state index is -4.98. The molecule has 9 heteroatoms. The maximum Gasteiger partial charge on any atom is 0.350 e. The highest BCUT2D eigenvalue weighted by Crippen LogP contribution is 2.12. The molecule has 0 aliphatic rings. The number of carboxylic acids is 1. The molecule has 0 saturated heterocycles. The van der Waals surface area contributed by atoms with E-state index in [4.69, 9.17) is 10.2 Å². The van der Waals surface area contributed by atoms with Crippen LogP contribution in [0, 0.1) is 0 Å². The molecule has 1 rings (SSSR count). The lowest BCUT2D eigenvalue weighted by molar-refractivity contribution is -0.138. The van der Waals surface area contributed by atoms with Gasteiger partial charge in [0.25, 0.3) is 10.0 Å². The molecule has 0 amide bonds. The van der Waals surface area contributed by atoms with Crippen LogP contribution >= 0.6 is 0 Å². The van der Waals surface area contributed by atoms with Crippen LogP contribution in [0.4, 0.5) is 8.78 Å². The molecule has 1 unspecified atom stereocenters. The van der Waals surface area contributed by atoms with Crippen molar-refractivity contribution in [2.45, 2.75) is 18.2 Å². The lowest BCUT2D eigenvalue weighted by atomic mass is 10.1. The van der Waals surface area contributed by atoms with E-state index < -0.39 is 27.8 Å². The summed E-state index contributed by atoms with van der Waals surface area (Å²) in [6, 6.07) is 3.57. The number of carboxylic acid groups (broad SMARTS) is 1. The fraction of sp³-hybridized carbons (Fsp3) is 0.300. The summed E-state index contributed by atoms with van der Waals surface area (Å²) in [7, 11) is -4.98. The molecule has 1 aromatic carbocycles. The topological polar surface area (TPSA) is 104 Å². The summed E-state index contributed by atoms with van der Waals surface area (Å²) >= 11 is 0. The monoisotopic (exact) mass is 295 g/mol. The number of phenolic OH excluding ortho intramolecular Hbond substituents is 1. The van der Waals surface area contributed by atoms with Gasteiger partial charge in [-0.2, -0.15) is 13.5 Å². The SMILES string of the molecule is O=C(O)C(Cc1ccc(O)cc1)NS(=O)(=O)C(F)F. The normalized spacial score (nSPS) is 13.4.